The third-order valence-corrected chi connectivity index (χ3v) is 6.40. The molecule has 164 valence electrons. The summed E-state index contributed by atoms with van der Waals surface area (Å²) in [6, 6.07) is 22.0. The van der Waals surface area contributed by atoms with Gasteiger partial charge < -0.3 is 9.64 Å². The molecule has 0 N–H and O–H groups in total. The number of esters is 1. The Kier molecular flexibility index (Phi) is 7.51. The molecule has 3 aromatic rings. The minimum Gasteiger partial charge on any atom is -0.461 e. The molecule has 0 bridgehead atoms. The molecule has 7 nitrogen and oxygen atoms in total. The van der Waals surface area contributed by atoms with E-state index in [0.717, 1.165) is 11.8 Å². The third-order valence-electron chi connectivity index (χ3n) is 4.61. The van der Waals surface area contributed by atoms with E-state index in [1.54, 1.807) is 42.5 Å². The molecule has 0 atom stereocenters. The van der Waals surface area contributed by atoms with Crippen LogP contribution in [0.25, 0.3) is 0 Å². The highest BCUT2D eigenvalue weighted by atomic mass is 32.2. The molecule has 0 aliphatic carbocycles. The summed E-state index contributed by atoms with van der Waals surface area (Å²) in [6.07, 6.45) is 1.13. The fraction of sp³-hybridized carbons (Fsp3) is 0.125. The summed E-state index contributed by atoms with van der Waals surface area (Å²) >= 11 is 0. The molecule has 3 rings (SSSR count). The second-order valence-electron chi connectivity index (χ2n) is 6.82. The maximum atomic E-state index is 12.6. The summed E-state index contributed by atoms with van der Waals surface area (Å²) < 4.78 is 30.3. The predicted molar refractivity (Wildman–Crippen MR) is 123 cm³/mol. The zero-order valence-electron chi connectivity index (χ0n) is 17.6. The van der Waals surface area contributed by atoms with E-state index in [4.69, 9.17) is 4.74 Å². The van der Waals surface area contributed by atoms with Crippen LogP contribution < -0.4 is 4.90 Å². The molecule has 0 radical (unpaired) electrons. The average Bonchev–Trinajstić information content (AvgIpc) is 2.83. The van der Waals surface area contributed by atoms with Gasteiger partial charge in [0.25, 0.3) is 0 Å². The Hall–Kier alpha value is -3.78. The van der Waals surface area contributed by atoms with Crippen molar-refractivity contribution in [2.75, 3.05) is 25.1 Å². The summed E-state index contributed by atoms with van der Waals surface area (Å²) in [5.74, 6) is -0.445. The molecule has 0 saturated heterocycles. The molecule has 0 aliphatic heterocycles. The van der Waals surface area contributed by atoms with Gasteiger partial charge in [0, 0.05) is 18.8 Å². The number of hydrogen-bond acceptors (Lipinski definition) is 7. The first-order chi connectivity index (χ1) is 15.4. The Morgan fingerprint density at radius 3 is 2.00 bits per heavy atom. The first kappa shape index (κ1) is 22.9. The Morgan fingerprint density at radius 1 is 0.906 bits per heavy atom. The van der Waals surface area contributed by atoms with Gasteiger partial charge in [0.05, 0.1) is 27.7 Å². The molecule has 0 spiro atoms. The van der Waals surface area contributed by atoms with Crippen LogP contribution in [0.1, 0.15) is 0 Å². The predicted octanol–water partition coefficient (Wildman–Crippen LogP) is 5.10. The van der Waals surface area contributed by atoms with Gasteiger partial charge in [-0.3, -0.25) is 0 Å². The minimum absolute atomic E-state index is 0.203. The Morgan fingerprint density at radius 2 is 1.44 bits per heavy atom. The quantitative estimate of drug-likeness (QED) is 0.258. The van der Waals surface area contributed by atoms with Gasteiger partial charge in [-0.15, -0.1) is 0 Å². The number of anilines is 1. The van der Waals surface area contributed by atoms with Crippen LogP contribution in [0.3, 0.4) is 0 Å². The Balaban J connectivity index is 1.61. The Labute approximate surface area is 187 Å². The molecule has 0 aliphatic rings. The van der Waals surface area contributed by atoms with Crippen molar-refractivity contribution in [3.05, 3.63) is 91.5 Å². The number of rotatable bonds is 9. The standard InChI is InChI=1S/C24H23N3O4S/c1-3-24(28)31-18-17-27(2)21-13-9-19(10-14-21)25-26-20-11-15-23(16-12-20)32(29,30)22-7-5-4-6-8-22/h3-16H,1,17-18H2,2H3/b26-25+. The molecule has 0 aromatic heterocycles. The SMILES string of the molecule is C=CC(=O)OCCN(C)c1ccc(/N=N/c2ccc(S(=O)(=O)c3ccccc3)cc2)cc1. The van der Waals surface area contributed by atoms with E-state index >= 15 is 0 Å². The van der Waals surface area contributed by atoms with Crippen LogP contribution in [0.4, 0.5) is 17.1 Å². The molecule has 8 heteroatoms. The lowest BCUT2D eigenvalue weighted by Crippen LogP contribution is -2.23. The highest BCUT2D eigenvalue weighted by Gasteiger charge is 2.16. The summed E-state index contributed by atoms with van der Waals surface area (Å²) in [7, 11) is -1.67. The number of likely N-dealkylation sites (N-methyl/N-ethyl adjacent to an activating group) is 1. The topological polar surface area (TPSA) is 88.4 Å². The van der Waals surface area contributed by atoms with Crippen molar-refractivity contribution in [3.63, 3.8) is 0 Å². The molecule has 0 amide bonds. The van der Waals surface area contributed by atoms with Gasteiger partial charge in [0.15, 0.2) is 0 Å². The molecule has 0 fully saturated rings. The van der Waals surface area contributed by atoms with E-state index in [1.807, 2.05) is 36.2 Å². The second-order valence-corrected chi connectivity index (χ2v) is 8.77. The first-order valence-electron chi connectivity index (χ1n) is 9.82. The molecular formula is C24H23N3O4S. The molecule has 0 heterocycles. The van der Waals surface area contributed by atoms with Gasteiger partial charge in [0.2, 0.25) is 9.84 Å². The van der Waals surface area contributed by atoms with Crippen LogP contribution in [0, 0.1) is 0 Å². The minimum atomic E-state index is -3.56. The lowest BCUT2D eigenvalue weighted by molar-refractivity contribution is -0.137. The maximum absolute atomic E-state index is 12.6. The van der Waals surface area contributed by atoms with Gasteiger partial charge in [-0.1, -0.05) is 24.8 Å². The maximum Gasteiger partial charge on any atom is 0.330 e. The lowest BCUT2D eigenvalue weighted by Gasteiger charge is -2.18. The number of carbonyl (C=O) groups is 1. The van der Waals surface area contributed by atoms with Crippen LogP contribution >= 0.6 is 0 Å². The largest absolute Gasteiger partial charge is 0.461 e. The van der Waals surface area contributed by atoms with Crippen molar-refractivity contribution in [2.45, 2.75) is 9.79 Å². The van der Waals surface area contributed by atoms with Gasteiger partial charge in [-0.25, -0.2) is 13.2 Å². The van der Waals surface area contributed by atoms with E-state index in [9.17, 15) is 13.2 Å². The number of benzene rings is 3. The molecule has 3 aromatic carbocycles. The second kappa shape index (κ2) is 10.5. The third kappa shape index (κ3) is 5.89. The van der Waals surface area contributed by atoms with E-state index < -0.39 is 15.8 Å². The van der Waals surface area contributed by atoms with E-state index in [1.165, 1.54) is 12.1 Å². The van der Waals surface area contributed by atoms with Gasteiger partial charge in [-0.05, 0) is 60.7 Å². The number of sulfone groups is 1. The van der Waals surface area contributed by atoms with Crippen molar-refractivity contribution < 1.29 is 17.9 Å². The molecule has 0 saturated carbocycles. The van der Waals surface area contributed by atoms with Crippen molar-refractivity contribution in [3.8, 4) is 0 Å². The van der Waals surface area contributed by atoms with Crippen molar-refractivity contribution >= 4 is 32.9 Å². The first-order valence-corrected chi connectivity index (χ1v) is 11.3. The highest BCUT2D eigenvalue weighted by molar-refractivity contribution is 7.91. The Bertz CT molecular complexity index is 1190. The molecular weight excluding hydrogens is 426 g/mol. The van der Waals surface area contributed by atoms with Gasteiger partial charge in [-0.2, -0.15) is 10.2 Å². The number of azo groups is 1. The summed E-state index contributed by atoms with van der Waals surface area (Å²) in [6.45, 7) is 4.16. The van der Waals surface area contributed by atoms with Crippen LogP contribution in [0.5, 0.6) is 0 Å². The lowest BCUT2D eigenvalue weighted by atomic mass is 10.2. The van der Waals surface area contributed by atoms with Gasteiger partial charge >= 0.3 is 5.97 Å². The van der Waals surface area contributed by atoms with Crippen molar-refractivity contribution in [1.29, 1.82) is 0 Å². The number of nitrogens with zero attached hydrogens (tertiary/aromatic N) is 3. The van der Waals surface area contributed by atoms with Crippen LogP contribution in [0.15, 0.2) is 112 Å². The van der Waals surface area contributed by atoms with Crippen LogP contribution in [-0.4, -0.2) is 34.6 Å². The smallest absolute Gasteiger partial charge is 0.330 e. The zero-order chi connectivity index (χ0) is 23.0. The monoisotopic (exact) mass is 449 g/mol. The highest BCUT2D eigenvalue weighted by Crippen LogP contribution is 2.25. The summed E-state index contributed by atoms with van der Waals surface area (Å²) in [5, 5.41) is 8.37. The number of hydrogen-bond donors (Lipinski definition) is 0. The normalized spacial score (nSPS) is 11.3. The average molecular weight is 450 g/mol. The molecule has 32 heavy (non-hydrogen) atoms. The van der Waals surface area contributed by atoms with Crippen LogP contribution in [-0.2, 0) is 19.4 Å². The van der Waals surface area contributed by atoms with E-state index in [0.29, 0.717) is 17.9 Å². The summed E-state index contributed by atoms with van der Waals surface area (Å²) in [4.78, 5) is 13.5. The summed E-state index contributed by atoms with van der Waals surface area (Å²) in [5.41, 5.74) is 2.14. The van der Waals surface area contributed by atoms with Gasteiger partial charge in [0.1, 0.15) is 6.61 Å². The number of carbonyl (C=O) groups excluding carboxylic acids is 1. The fourth-order valence-corrected chi connectivity index (χ4v) is 4.07. The number of ether oxygens (including phenoxy) is 1. The molecule has 0 unspecified atom stereocenters. The van der Waals surface area contributed by atoms with Crippen molar-refractivity contribution in [2.24, 2.45) is 10.2 Å². The van der Waals surface area contributed by atoms with Crippen LogP contribution in [0.2, 0.25) is 0 Å². The van der Waals surface area contributed by atoms with E-state index in [2.05, 4.69) is 16.8 Å². The zero-order valence-corrected chi connectivity index (χ0v) is 18.4. The fourth-order valence-electron chi connectivity index (χ4n) is 2.79. The van der Waals surface area contributed by atoms with E-state index in [-0.39, 0.29) is 16.4 Å². The van der Waals surface area contributed by atoms with Crippen molar-refractivity contribution in [1.82, 2.24) is 0 Å².